The monoisotopic (exact) mass is 440 g/mol. The molecule has 0 saturated heterocycles. The maximum Gasteiger partial charge on any atom is 0.279 e. The number of hydrogen-bond acceptors (Lipinski definition) is 5. The van der Waals surface area contributed by atoms with Crippen LogP contribution >= 0.6 is 11.3 Å². The van der Waals surface area contributed by atoms with Crippen molar-refractivity contribution in [1.29, 1.82) is 0 Å². The van der Waals surface area contributed by atoms with E-state index in [9.17, 15) is 4.79 Å². The van der Waals surface area contributed by atoms with Gasteiger partial charge in [0.1, 0.15) is 0 Å². The Morgan fingerprint density at radius 2 is 1.81 bits per heavy atom. The van der Waals surface area contributed by atoms with Crippen LogP contribution in [0.1, 0.15) is 41.3 Å². The molecule has 1 aromatic heterocycles. The molecule has 0 fully saturated rings. The summed E-state index contributed by atoms with van der Waals surface area (Å²) in [5.41, 5.74) is 4.22. The van der Waals surface area contributed by atoms with Crippen molar-refractivity contribution in [3.63, 3.8) is 0 Å². The summed E-state index contributed by atoms with van der Waals surface area (Å²) in [4.78, 5) is 18.2. The van der Waals surface area contributed by atoms with E-state index in [-0.39, 0.29) is 5.91 Å². The van der Waals surface area contributed by atoms with Gasteiger partial charge in [-0.3, -0.25) is 4.79 Å². The van der Waals surface area contributed by atoms with Crippen molar-refractivity contribution in [2.45, 2.75) is 39.2 Å². The van der Waals surface area contributed by atoms with Gasteiger partial charge in [-0.05, 0) is 55.9 Å². The van der Waals surface area contributed by atoms with Crippen molar-refractivity contribution >= 4 is 27.5 Å². The van der Waals surface area contributed by atoms with E-state index in [1.807, 2.05) is 35.8 Å². The zero-order valence-electron chi connectivity index (χ0n) is 18.3. The smallest absolute Gasteiger partial charge is 0.279 e. The summed E-state index contributed by atoms with van der Waals surface area (Å²) in [5, 5.41) is 0. The number of methoxy groups -OCH3 is 2. The number of fused-ring (bicyclic) bond motifs is 2. The summed E-state index contributed by atoms with van der Waals surface area (Å²) in [6, 6.07) is 9.86. The van der Waals surface area contributed by atoms with Crippen LogP contribution in [0.4, 0.5) is 0 Å². The number of carbonyl (C=O) groups excluding carboxylic acids is 1. The Kier molecular flexibility index (Phi) is 6.73. The summed E-state index contributed by atoms with van der Waals surface area (Å²) in [6.07, 6.45) is 4.53. The van der Waals surface area contributed by atoms with Gasteiger partial charge in [0.2, 0.25) is 0 Å². The molecule has 0 aliphatic heterocycles. The van der Waals surface area contributed by atoms with Crippen LogP contribution in [0, 0.1) is 0 Å². The minimum Gasteiger partial charge on any atom is -0.493 e. The Morgan fingerprint density at radius 3 is 2.55 bits per heavy atom. The van der Waals surface area contributed by atoms with Gasteiger partial charge in [-0.2, -0.15) is 4.99 Å². The highest BCUT2D eigenvalue weighted by Gasteiger charge is 2.15. The Labute approximate surface area is 186 Å². The van der Waals surface area contributed by atoms with E-state index < -0.39 is 0 Å². The molecule has 1 heterocycles. The van der Waals surface area contributed by atoms with Gasteiger partial charge < -0.3 is 18.8 Å². The molecule has 31 heavy (non-hydrogen) atoms. The van der Waals surface area contributed by atoms with Gasteiger partial charge in [0.25, 0.3) is 5.91 Å². The summed E-state index contributed by atoms with van der Waals surface area (Å²) < 4.78 is 19.5. The van der Waals surface area contributed by atoms with Gasteiger partial charge in [0, 0.05) is 30.8 Å². The SMILES string of the molecule is CCOCCn1c(=NC(=O)c2ccc3c(c2)CCCC3)sc2cc(OC)c(OC)cc21. The number of benzene rings is 2. The van der Waals surface area contributed by atoms with E-state index >= 15 is 0 Å². The van der Waals surface area contributed by atoms with Crippen LogP contribution in [0.3, 0.4) is 0 Å². The minimum atomic E-state index is -0.219. The van der Waals surface area contributed by atoms with Gasteiger partial charge in [0.15, 0.2) is 16.3 Å². The first kappa shape index (κ1) is 21.6. The van der Waals surface area contributed by atoms with Gasteiger partial charge >= 0.3 is 0 Å². The van der Waals surface area contributed by atoms with E-state index in [0.717, 1.165) is 23.1 Å². The van der Waals surface area contributed by atoms with Crippen LogP contribution < -0.4 is 14.3 Å². The normalized spacial score (nSPS) is 14.0. The molecule has 2 aromatic carbocycles. The molecular weight excluding hydrogens is 412 g/mol. The Balaban J connectivity index is 1.78. The fourth-order valence-corrected chi connectivity index (χ4v) is 5.08. The predicted octanol–water partition coefficient (Wildman–Crippen LogP) is 4.38. The molecule has 3 aromatic rings. The number of rotatable bonds is 7. The maximum atomic E-state index is 13.1. The molecule has 4 rings (SSSR count). The van der Waals surface area contributed by atoms with E-state index in [1.54, 1.807) is 14.2 Å². The standard InChI is InChI=1S/C24H28N2O4S/c1-4-30-12-11-26-19-14-20(28-2)21(29-3)15-22(19)31-24(26)25-23(27)18-10-9-16-7-5-6-8-17(16)13-18/h9-10,13-15H,4-8,11-12H2,1-3H3. The third-order valence-corrected chi connectivity index (χ3v) is 6.69. The minimum absolute atomic E-state index is 0.219. The van der Waals surface area contributed by atoms with Crippen molar-refractivity contribution in [3.05, 3.63) is 51.8 Å². The number of ether oxygens (including phenoxy) is 3. The van der Waals surface area contributed by atoms with Gasteiger partial charge in [-0.25, -0.2) is 0 Å². The predicted molar refractivity (Wildman–Crippen MR) is 122 cm³/mol. The van der Waals surface area contributed by atoms with Crippen molar-refractivity contribution in [3.8, 4) is 11.5 Å². The van der Waals surface area contributed by atoms with Gasteiger partial charge in [-0.15, -0.1) is 0 Å². The second-order valence-corrected chi connectivity index (χ2v) is 8.52. The first-order valence-corrected chi connectivity index (χ1v) is 11.5. The highest BCUT2D eigenvalue weighted by Crippen LogP contribution is 2.33. The average Bonchev–Trinajstić information content (AvgIpc) is 3.13. The number of aromatic nitrogens is 1. The Morgan fingerprint density at radius 1 is 1.06 bits per heavy atom. The first-order chi connectivity index (χ1) is 15.1. The second-order valence-electron chi connectivity index (χ2n) is 7.52. The lowest BCUT2D eigenvalue weighted by atomic mass is 9.90. The average molecular weight is 441 g/mol. The molecule has 1 amide bonds. The molecule has 1 aliphatic rings. The molecule has 0 bridgehead atoms. The largest absolute Gasteiger partial charge is 0.493 e. The number of thiazole rings is 1. The van der Waals surface area contributed by atoms with Crippen molar-refractivity contribution in [2.75, 3.05) is 27.4 Å². The van der Waals surface area contributed by atoms with E-state index in [1.165, 1.54) is 35.3 Å². The fourth-order valence-electron chi connectivity index (χ4n) is 4.02. The molecule has 0 spiro atoms. The number of hydrogen-bond donors (Lipinski definition) is 0. The lowest BCUT2D eigenvalue weighted by Crippen LogP contribution is -2.20. The molecule has 7 heteroatoms. The van der Waals surface area contributed by atoms with Crippen molar-refractivity contribution in [2.24, 2.45) is 4.99 Å². The summed E-state index contributed by atoms with van der Waals surface area (Å²) >= 11 is 1.47. The van der Waals surface area contributed by atoms with Crippen molar-refractivity contribution < 1.29 is 19.0 Å². The molecular formula is C24H28N2O4S. The number of amides is 1. The number of nitrogens with zero attached hydrogens (tertiary/aromatic N) is 2. The number of carbonyl (C=O) groups is 1. The first-order valence-electron chi connectivity index (χ1n) is 10.7. The topological polar surface area (TPSA) is 62.1 Å². The van der Waals surface area contributed by atoms with E-state index in [4.69, 9.17) is 14.2 Å². The molecule has 0 N–H and O–H groups in total. The molecule has 6 nitrogen and oxygen atoms in total. The van der Waals surface area contributed by atoms with E-state index in [0.29, 0.717) is 41.6 Å². The van der Waals surface area contributed by atoms with Gasteiger partial charge in [-0.1, -0.05) is 17.4 Å². The fraction of sp³-hybridized carbons (Fsp3) is 0.417. The van der Waals surface area contributed by atoms with Crippen molar-refractivity contribution in [1.82, 2.24) is 4.57 Å². The van der Waals surface area contributed by atoms with Crippen LogP contribution in [-0.4, -0.2) is 37.9 Å². The molecule has 0 atom stereocenters. The maximum absolute atomic E-state index is 13.1. The lowest BCUT2D eigenvalue weighted by Gasteiger charge is -2.15. The number of aryl methyl sites for hydroxylation is 2. The molecule has 1 aliphatic carbocycles. The summed E-state index contributed by atoms with van der Waals surface area (Å²) in [5.74, 6) is 1.08. The highest BCUT2D eigenvalue weighted by molar-refractivity contribution is 7.16. The van der Waals surface area contributed by atoms with Gasteiger partial charge in [0.05, 0.1) is 31.0 Å². The zero-order chi connectivity index (χ0) is 21.8. The van der Waals surface area contributed by atoms with Crippen LogP contribution in [0.25, 0.3) is 10.2 Å². The third-order valence-electron chi connectivity index (χ3n) is 5.64. The zero-order valence-corrected chi connectivity index (χ0v) is 19.1. The molecule has 0 saturated carbocycles. The van der Waals surface area contributed by atoms with E-state index in [2.05, 4.69) is 11.1 Å². The highest BCUT2D eigenvalue weighted by atomic mass is 32.1. The lowest BCUT2D eigenvalue weighted by molar-refractivity contribution is 0.0996. The van der Waals surface area contributed by atoms with Crippen LogP contribution in [0.15, 0.2) is 35.3 Å². The molecule has 0 radical (unpaired) electrons. The Hall–Kier alpha value is -2.64. The summed E-state index contributed by atoms with van der Waals surface area (Å²) in [6.45, 7) is 3.74. The molecule has 0 unspecified atom stereocenters. The van der Waals surface area contributed by atoms with Crippen LogP contribution in [0.2, 0.25) is 0 Å². The molecule has 164 valence electrons. The summed E-state index contributed by atoms with van der Waals surface area (Å²) in [7, 11) is 3.23. The van der Waals surface area contributed by atoms with Crippen LogP contribution in [-0.2, 0) is 24.1 Å². The second kappa shape index (κ2) is 9.66. The quantitative estimate of drug-likeness (QED) is 0.512. The third kappa shape index (κ3) is 4.52. The van der Waals surface area contributed by atoms with Crippen LogP contribution in [0.5, 0.6) is 11.5 Å². The Bertz CT molecular complexity index is 1160.